The van der Waals surface area contributed by atoms with E-state index in [0.717, 1.165) is 17.7 Å². The molecule has 1 aromatic carbocycles. The van der Waals surface area contributed by atoms with Crippen LogP contribution in [0.1, 0.15) is 18.9 Å². The number of anilines is 2. The highest BCUT2D eigenvalue weighted by Gasteiger charge is 2.35. The summed E-state index contributed by atoms with van der Waals surface area (Å²) in [6.07, 6.45) is 2.75. The molecular weight excluding hydrogens is 298 g/mol. The van der Waals surface area contributed by atoms with Crippen LogP contribution in [0.3, 0.4) is 0 Å². The molecule has 1 saturated heterocycles. The first-order valence-electron chi connectivity index (χ1n) is 7.27. The molecule has 1 aliphatic heterocycles. The Morgan fingerprint density at radius 1 is 1.45 bits per heavy atom. The van der Waals surface area contributed by atoms with Gasteiger partial charge in [0.05, 0.1) is 5.92 Å². The number of carbonyl (C=O) groups is 2. The van der Waals surface area contributed by atoms with E-state index >= 15 is 0 Å². The maximum atomic E-state index is 12.3. The molecule has 1 N–H and O–H groups in total. The van der Waals surface area contributed by atoms with Crippen LogP contribution in [0.15, 0.2) is 35.8 Å². The van der Waals surface area contributed by atoms with Gasteiger partial charge in [-0.3, -0.25) is 9.59 Å². The van der Waals surface area contributed by atoms with E-state index < -0.39 is 0 Å². The Bertz CT molecular complexity index is 684. The first-order chi connectivity index (χ1) is 10.7. The number of hydrogen-bond acceptors (Lipinski definition) is 4. The highest BCUT2D eigenvalue weighted by Crippen LogP contribution is 2.29. The van der Waals surface area contributed by atoms with Gasteiger partial charge >= 0.3 is 0 Å². The predicted molar refractivity (Wildman–Crippen MR) is 87.0 cm³/mol. The number of rotatable bonds is 4. The van der Waals surface area contributed by atoms with E-state index in [4.69, 9.17) is 0 Å². The number of aryl methyl sites for hydroxylation is 1. The smallest absolute Gasteiger partial charge is 0.231 e. The minimum Gasteiger partial charge on any atom is -0.311 e. The normalized spacial score (nSPS) is 17.8. The predicted octanol–water partition coefficient (Wildman–Crippen LogP) is 2.70. The summed E-state index contributed by atoms with van der Waals surface area (Å²) in [5.41, 5.74) is 2.04. The van der Waals surface area contributed by atoms with E-state index in [9.17, 15) is 9.59 Å². The third-order valence-corrected chi connectivity index (χ3v) is 4.51. The Hall–Kier alpha value is -2.21. The van der Waals surface area contributed by atoms with Crippen molar-refractivity contribution in [3.8, 4) is 0 Å². The maximum absolute atomic E-state index is 12.3. The topological polar surface area (TPSA) is 62.3 Å². The van der Waals surface area contributed by atoms with Gasteiger partial charge in [0.2, 0.25) is 11.8 Å². The number of nitrogens with one attached hydrogen (secondary N) is 1. The Morgan fingerprint density at radius 2 is 2.27 bits per heavy atom. The second-order valence-corrected chi connectivity index (χ2v) is 6.11. The quantitative estimate of drug-likeness (QED) is 0.943. The highest BCUT2D eigenvalue weighted by molar-refractivity contribution is 7.13. The van der Waals surface area contributed by atoms with Gasteiger partial charge in [0.25, 0.3) is 0 Å². The van der Waals surface area contributed by atoms with Crippen LogP contribution in [0.25, 0.3) is 0 Å². The van der Waals surface area contributed by atoms with Gasteiger partial charge < -0.3 is 10.2 Å². The van der Waals surface area contributed by atoms with E-state index in [2.05, 4.69) is 17.2 Å². The van der Waals surface area contributed by atoms with Crippen LogP contribution in [0, 0.1) is 5.92 Å². The minimum atomic E-state index is -0.332. The summed E-state index contributed by atoms with van der Waals surface area (Å²) in [5, 5.41) is 5.15. The molecule has 0 spiro atoms. The summed E-state index contributed by atoms with van der Waals surface area (Å²) in [4.78, 5) is 30.3. The van der Waals surface area contributed by atoms with Gasteiger partial charge in [-0.25, -0.2) is 4.98 Å². The van der Waals surface area contributed by atoms with Crippen molar-refractivity contribution in [2.24, 2.45) is 5.92 Å². The molecule has 3 rings (SSSR count). The van der Waals surface area contributed by atoms with Gasteiger partial charge in [-0.15, -0.1) is 11.3 Å². The van der Waals surface area contributed by atoms with Gasteiger partial charge in [0, 0.05) is 30.2 Å². The molecule has 22 heavy (non-hydrogen) atoms. The zero-order valence-corrected chi connectivity index (χ0v) is 13.1. The second kappa shape index (κ2) is 6.27. The van der Waals surface area contributed by atoms with Crippen LogP contribution in [0.2, 0.25) is 0 Å². The molecule has 114 valence electrons. The molecule has 6 heteroatoms. The van der Waals surface area contributed by atoms with Crippen LogP contribution < -0.4 is 10.2 Å². The van der Waals surface area contributed by atoms with E-state index in [1.165, 1.54) is 11.3 Å². The lowest BCUT2D eigenvalue weighted by Crippen LogP contribution is -2.28. The van der Waals surface area contributed by atoms with Crippen molar-refractivity contribution in [2.75, 3.05) is 16.8 Å². The lowest BCUT2D eigenvalue weighted by molar-refractivity contribution is -0.122. The van der Waals surface area contributed by atoms with Crippen molar-refractivity contribution >= 4 is 34.0 Å². The largest absolute Gasteiger partial charge is 0.311 e. The van der Waals surface area contributed by atoms with Crippen molar-refractivity contribution in [1.82, 2.24) is 4.98 Å². The van der Waals surface area contributed by atoms with Crippen molar-refractivity contribution < 1.29 is 9.59 Å². The number of nitrogens with zero attached hydrogens (tertiary/aromatic N) is 2. The van der Waals surface area contributed by atoms with Crippen molar-refractivity contribution in [3.63, 3.8) is 0 Å². The molecule has 0 unspecified atom stereocenters. The van der Waals surface area contributed by atoms with Crippen LogP contribution in [-0.2, 0) is 16.0 Å². The third kappa shape index (κ3) is 2.87. The van der Waals surface area contributed by atoms with Crippen LogP contribution in [0.5, 0.6) is 0 Å². The third-order valence-electron chi connectivity index (χ3n) is 3.82. The van der Waals surface area contributed by atoms with Crippen LogP contribution in [0.4, 0.5) is 10.8 Å². The second-order valence-electron chi connectivity index (χ2n) is 5.21. The number of thiazole rings is 1. The summed E-state index contributed by atoms with van der Waals surface area (Å²) in [5.74, 6) is -0.471. The van der Waals surface area contributed by atoms with E-state index in [1.54, 1.807) is 16.5 Å². The van der Waals surface area contributed by atoms with E-state index in [0.29, 0.717) is 11.7 Å². The van der Waals surface area contributed by atoms with Gasteiger partial charge in [-0.05, 0) is 18.1 Å². The Balaban J connectivity index is 1.74. The number of carbonyl (C=O) groups excluding carboxylic acids is 2. The molecule has 1 atom stereocenters. The standard InChI is InChI=1S/C16H17N3O2S/c1-2-11-5-3-4-6-13(11)19-10-12(9-14(19)20)15(21)18-16-17-7-8-22-16/h3-8,12H,2,9-10H2,1H3,(H,17,18,21)/t12-/m1/s1. The average molecular weight is 315 g/mol. The van der Waals surface area contributed by atoms with Gasteiger partial charge in [-0.2, -0.15) is 0 Å². The number of para-hydroxylation sites is 1. The van der Waals surface area contributed by atoms with E-state index in [1.807, 2.05) is 24.3 Å². The molecule has 2 aromatic rings. The number of amides is 2. The maximum Gasteiger partial charge on any atom is 0.231 e. The van der Waals surface area contributed by atoms with Crippen LogP contribution >= 0.6 is 11.3 Å². The summed E-state index contributed by atoms with van der Waals surface area (Å²) in [6.45, 7) is 2.49. The molecule has 0 saturated carbocycles. The average Bonchev–Trinajstić information content (AvgIpc) is 3.16. The van der Waals surface area contributed by atoms with Crippen molar-refractivity contribution in [1.29, 1.82) is 0 Å². The molecule has 2 heterocycles. The Kier molecular flexibility index (Phi) is 4.20. The highest BCUT2D eigenvalue weighted by atomic mass is 32.1. The molecule has 0 radical (unpaired) electrons. The summed E-state index contributed by atoms with van der Waals surface area (Å²) in [6, 6.07) is 7.85. The lowest BCUT2D eigenvalue weighted by atomic mass is 10.1. The minimum absolute atomic E-state index is 0.000175. The fourth-order valence-corrected chi connectivity index (χ4v) is 3.21. The molecule has 1 aromatic heterocycles. The first kappa shape index (κ1) is 14.7. The van der Waals surface area contributed by atoms with Crippen molar-refractivity contribution in [2.45, 2.75) is 19.8 Å². The van der Waals surface area contributed by atoms with Crippen molar-refractivity contribution in [3.05, 3.63) is 41.4 Å². The molecule has 5 nitrogen and oxygen atoms in total. The monoisotopic (exact) mass is 315 g/mol. The fourth-order valence-electron chi connectivity index (χ4n) is 2.68. The molecule has 0 bridgehead atoms. The SMILES string of the molecule is CCc1ccccc1N1C[C@H](C(=O)Nc2nccs2)CC1=O. The first-order valence-corrected chi connectivity index (χ1v) is 8.15. The Labute approximate surface area is 133 Å². The molecule has 1 fully saturated rings. The summed E-state index contributed by atoms with van der Waals surface area (Å²) in [7, 11) is 0. The summed E-state index contributed by atoms with van der Waals surface area (Å²) < 4.78 is 0. The zero-order chi connectivity index (χ0) is 15.5. The lowest BCUT2D eigenvalue weighted by Gasteiger charge is -2.19. The molecular formula is C16H17N3O2S. The van der Waals surface area contributed by atoms with Crippen LogP contribution in [-0.4, -0.2) is 23.3 Å². The molecule has 2 amide bonds. The van der Waals surface area contributed by atoms with Gasteiger partial charge in [0.1, 0.15) is 0 Å². The van der Waals surface area contributed by atoms with Gasteiger partial charge in [0.15, 0.2) is 5.13 Å². The van der Waals surface area contributed by atoms with E-state index in [-0.39, 0.29) is 24.2 Å². The fraction of sp³-hybridized carbons (Fsp3) is 0.312. The summed E-state index contributed by atoms with van der Waals surface area (Å²) >= 11 is 1.37. The number of benzene rings is 1. The number of aromatic nitrogens is 1. The number of hydrogen-bond donors (Lipinski definition) is 1. The zero-order valence-electron chi connectivity index (χ0n) is 12.3. The molecule has 0 aliphatic carbocycles. The molecule has 1 aliphatic rings. The Morgan fingerprint density at radius 3 is 3.00 bits per heavy atom. The van der Waals surface area contributed by atoms with Gasteiger partial charge in [-0.1, -0.05) is 25.1 Å².